The van der Waals surface area contributed by atoms with Crippen molar-refractivity contribution in [2.75, 3.05) is 26.7 Å². The van der Waals surface area contributed by atoms with E-state index in [9.17, 15) is 4.79 Å². The first-order valence-corrected chi connectivity index (χ1v) is 6.12. The summed E-state index contributed by atoms with van der Waals surface area (Å²) in [5.74, 6) is -0.138. The van der Waals surface area contributed by atoms with E-state index in [0.717, 1.165) is 19.5 Å². The number of nitrogens with one attached hydrogen (secondary N) is 1. The van der Waals surface area contributed by atoms with Crippen molar-refractivity contribution in [2.45, 2.75) is 46.2 Å². The number of rotatable bonds is 8. The molecule has 0 amide bonds. The van der Waals surface area contributed by atoms with Crippen LogP contribution in [0.4, 0.5) is 0 Å². The normalized spacial score (nSPS) is 13.2. The van der Waals surface area contributed by atoms with Crippen LogP contribution in [0.1, 0.15) is 34.1 Å². The van der Waals surface area contributed by atoms with Gasteiger partial charge < -0.3 is 15.0 Å². The Morgan fingerprint density at radius 3 is 2.44 bits per heavy atom. The lowest BCUT2D eigenvalue weighted by Crippen LogP contribution is -2.43. The summed E-state index contributed by atoms with van der Waals surface area (Å²) in [6, 6.07) is 0.107. The van der Waals surface area contributed by atoms with Crippen molar-refractivity contribution in [3.05, 3.63) is 0 Å². The molecule has 1 unspecified atom stereocenters. The van der Waals surface area contributed by atoms with Crippen LogP contribution in [0.25, 0.3) is 0 Å². The molecule has 96 valence electrons. The Balaban J connectivity index is 4.14. The van der Waals surface area contributed by atoms with Crippen LogP contribution >= 0.6 is 0 Å². The molecule has 16 heavy (non-hydrogen) atoms. The van der Waals surface area contributed by atoms with Gasteiger partial charge in [0.05, 0.1) is 6.61 Å². The summed E-state index contributed by atoms with van der Waals surface area (Å²) in [5, 5.41) is 3.24. The van der Waals surface area contributed by atoms with Crippen LogP contribution in [-0.2, 0) is 9.53 Å². The van der Waals surface area contributed by atoms with Gasteiger partial charge in [-0.3, -0.25) is 4.79 Å². The molecule has 0 saturated carbocycles. The lowest BCUT2D eigenvalue weighted by molar-refractivity contribution is -0.146. The lowest BCUT2D eigenvalue weighted by Gasteiger charge is -2.22. The van der Waals surface area contributed by atoms with Gasteiger partial charge >= 0.3 is 5.97 Å². The molecule has 1 N–H and O–H groups in total. The molecule has 0 rings (SSSR count). The molecule has 4 nitrogen and oxygen atoms in total. The van der Waals surface area contributed by atoms with Gasteiger partial charge in [0.1, 0.15) is 6.04 Å². The molecule has 4 heteroatoms. The molecular formula is C12H26N2O2. The summed E-state index contributed by atoms with van der Waals surface area (Å²) in [5.41, 5.74) is 0. The fourth-order valence-electron chi connectivity index (χ4n) is 1.42. The predicted molar refractivity (Wildman–Crippen MR) is 66.5 cm³/mol. The third-order valence-corrected chi connectivity index (χ3v) is 2.44. The van der Waals surface area contributed by atoms with Crippen molar-refractivity contribution in [3.8, 4) is 0 Å². The zero-order valence-electron chi connectivity index (χ0n) is 11.2. The second-order valence-electron chi connectivity index (χ2n) is 4.31. The Bertz CT molecular complexity index is 195. The maximum Gasteiger partial charge on any atom is 0.323 e. The molecule has 0 aliphatic heterocycles. The number of carbonyl (C=O) groups excluding carboxylic acids is 1. The monoisotopic (exact) mass is 230 g/mol. The van der Waals surface area contributed by atoms with Crippen molar-refractivity contribution in [1.82, 2.24) is 10.2 Å². The molecule has 1 atom stereocenters. The number of carbonyl (C=O) groups is 1. The van der Waals surface area contributed by atoms with Crippen molar-refractivity contribution in [2.24, 2.45) is 0 Å². The molecule has 0 radical (unpaired) electrons. The van der Waals surface area contributed by atoms with E-state index in [0.29, 0.717) is 12.6 Å². The van der Waals surface area contributed by atoms with E-state index in [4.69, 9.17) is 4.74 Å². The van der Waals surface area contributed by atoms with Crippen molar-refractivity contribution in [1.29, 1.82) is 0 Å². The van der Waals surface area contributed by atoms with E-state index < -0.39 is 0 Å². The number of hydrogen-bond acceptors (Lipinski definition) is 4. The molecule has 0 spiro atoms. The smallest absolute Gasteiger partial charge is 0.323 e. The van der Waals surface area contributed by atoms with Gasteiger partial charge in [-0.15, -0.1) is 0 Å². The SMILES string of the molecule is CCOC(=O)C(CCN(C)CC)NC(C)C. The van der Waals surface area contributed by atoms with Crippen molar-refractivity contribution >= 4 is 5.97 Å². The predicted octanol–water partition coefficient (Wildman–Crippen LogP) is 1.26. The van der Waals surface area contributed by atoms with Gasteiger partial charge in [0.25, 0.3) is 0 Å². The molecule has 0 aliphatic rings. The van der Waals surface area contributed by atoms with Gasteiger partial charge in [0.15, 0.2) is 0 Å². The highest BCUT2D eigenvalue weighted by atomic mass is 16.5. The minimum Gasteiger partial charge on any atom is -0.465 e. The van der Waals surface area contributed by atoms with Gasteiger partial charge in [-0.1, -0.05) is 20.8 Å². The molecule has 0 saturated heterocycles. The zero-order valence-corrected chi connectivity index (χ0v) is 11.2. The molecule has 0 fully saturated rings. The van der Waals surface area contributed by atoms with Gasteiger partial charge in [-0.05, 0) is 33.5 Å². The van der Waals surface area contributed by atoms with E-state index in [1.165, 1.54) is 0 Å². The summed E-state index contributed by atoms with van der Waals surface area (Å²) in [4.78, 5) is 13.9. The summed E-state index contributed by atoms with van der Waals surface area (Å²) < 4.78 is 5.05. The van der Waals surface area contributed by atoms with Crippen molar-refractivity contribution in [3.63, 3.8) is 0 Å². The van der Waals surface area contributed by atoms with E-state index in [2.05, 4.69) is 24.2 Å². The summed E-state index contributed by atoms with van der Waals surface area (Å²) in [6.07, 6.45) is 0.793. The first-order valence-electron chi connectivity index (χ1n) is 6.12. The number of esters is 1. The van der Waals surface area contributed by atoms with Gasteiger partial charge in [0.2, 0.25) is 0 Å². The standard InChI is InChI=1S/C12H26N2O2/c1-6-14(5)9-8-11(13-10(3)4)12(15)16-7-2/h10-11,13H,6-9H2,1-5H3. The van der Waals surface area contributed by atoms with Crippen LogP contribution < -0.4 is 5.32 Å². The Kier molecular flexibility index (Phi) is 8.21. The number of nitrogens with zero attached hydrogens (tertiary/aromatic N) is 1. The van der Waals surface area contributed by atoms with Crippen LogP contribution in [-0.4, -0.2) is 49.7 Å². The fraction of sp³-hybridized carbons (Fsp3) is 0.917. The summed E-state index contributed by atoms with van der Waals surface area (Å²) in [7, 11) is 2.05. The summed E-state index contributed by atoms with van der Waals surface area (Å²) >= 11 is 0. The maximum atomic E-state index is 11.7. The average molecular weight is 230 g/mol. The topological polar surface area (TPSA) is 41.6 Å². The first kappa shape index (κ1) is 15.4. The van der Waals surface area contributed by atoms with Crippen LogP contribution in [0.3, 0.4) is 0 Å². The third kappa shape index (κ3) is 6.80. The molecule has 0 aromatic rings. The van der Waals surface area contributed by atoms with Gasteiger partial charge in [-0.2, -0.15) is 0 Å². The highest BCUT2D eigenvalue weighted by Crippen LogP contribution is 2.00. The van der Waals surface area contributed by atoms with Crippen LogP contribution in [0.15, 0.2) is 0 Å². The quantitative estimate of drug-likeness (QED) is 0.637. The average Bonchev–Trinajstić information content (AvgIpc) is 2.23. The minimum absolute atomic E-state index is 0.138. The van der Waals surface area contributed by atoms with E-state index >= 15 is 0 Å². The first-order chi connectivity index (χ1) is 7.51. The second kappa shape index (κ2) is 8.53. The van der Waals surface area contributed by atoms with E-state index in [-0.39, 0.29) is 12.0 Å². The summed E-state index contributed by atoms with van der Waals surface area (Å²) in [6.45, 7) is 10.4. The lowest BCUT2D eigenvalue weighted by atomic mass is 10.1. The van der Waals surface area contributed by atoms with Gasteiger partial charge in [0, 0.05) is 6.04 Å². The third-order valence-electron chi connectivity index (χ3n) is 2.44. The van der Waals surface area contributed by atoms with Crippen LogP contribution in [0.2, 0.25) is 0 Å². The Hall–Kier alpha value is -0.610. The second-order valence-corrected chi connectivity index (χ2v) is 4.31. The number of ether oxygens (including phenoxy) is 1. The molecule has 0 aromatic carbocycles. The molecular weight excluding hydrogens is 204 g/mol. The largest absolute Gasteiger partial charge is 0.465 e. The molecule has 0 heterocycles. The van der Waals surface area contributed by atoms with E-state index in [1.54, 1.807) is 0 Å². The minimum atomic E-state index is -0.186. The highest BCUT2D eigenvalue weighted by molar-refractivity contribution is 5.75. The highest BCUT2D eigenvalue weighted by Gasteiger charge is 2.20. The Morgan fingerprint density at radius 1 is 1.38 bits per heavy atom. The van der Waals surface area contributed by atoms with E-state index in [1.807, 2.05) is 20.8 Å². The molecule has 0 bridgehead atoms. The Labute approximate surface area is 99.3 Å². The molecule has 0 aliphatic carbocycles. The van der Waals surface area contributed by atoms with Gasteiger partial charge in [-0.25, -0.2) is 0 Å². The fourth-order valence-corrected chi connectivity index (χ4v) is 1.42. The van der Waals surface area contributed by atoms with Crippen LogP contribution in [0.5, 0.6) is 0 Å². The zero-order chi connectivity index (χ0) is 12.6. The Morgan fingerprint density at radius 2 is 2.00 bits per heavy atom. The molecule has 0 aromatic heterocycles. The maximum absolute atomic E-state index is 11.7. The van der Waals surface area contributed by atoms with Crippen LogP contribution in [0, 0.1) is 0 Å². The van der Waals surface area contributed by atoms with Crippen molar-refractivity contribution < 1.29 is 9.53 Å². The number of hydrogen-bond donors (Lipinski definition) is 1.